The molecule has 1 amide bonds. The fourth-order valence-electron chi connectivity index (χ4n) is 3.40. The average molecular weight is 473 g/mol. The summed E-state index contributed by atoms with van der Waals surface area (Å²) in [5, 5.41) is -0.296. The van der Waals surface area contributed by atoms with Crippen molar-refractivity contribution in [2.45, 2.75) is 17.2 Å². The first-order valence-electron chi connectivity index (χ1n) is 9.92. The van der Waals surface area contributed by atoms with Gasteiger partial charge in [0.15, 0.2) is 0 Å². The molecule has 1 aliphatic rings. The summed E-state index contributed by atoms with van der Waals surface area (Å²) in [4.78, 5) is 14.3. The summed E-state index contributed by atoms with van der Waals surface area (Å²) in [6.45, 7) is 2.46. The van der Waals surface area contributed by atoms with E-state index in [0.29, 0.717) is 18.0 Å². The molecule has 0 aliphatic carbocycles. The molecular formula is C23H21FN2O4S2. The van der Waals surface area contributed by atoms with E-state index in [-0.39, 0.29) is 16.2 Å². The smallest absolute Gasteiger partial charge is 0.261 e. The van der Waals surface area contributed by atoms with Gasteiger partial charge in [-0.15, -0.1) is 11.8 Å². The lowest BCUT2D eigenvalue weighted by molar-refractivity contribution is -0.115. The number of carbonyl (C=O) groups is 1. The van der Waals surface area contributed by atoms with Crippen molar-refractivity contribution in [3.8, 4) is 5.75 Å². The van der Waals surface area contributed by atoms with Gasteiger partial charge in [0.05, 0.1) is 17.3 Å². The lowest BCUT2D eigenvalue weighted by Gasteiger charge is -2.25. The predicted octanol–water partition coefficient (Wildman–Crippen LogP) is 4.80. The van der Waals surface area contributed by atoms with E-state index in [1.165, 1.54) is 23.9 Å². The van der Waals surface area contributed by atoms with Crippen molar-refractivity contribution in [2.24, 2.45) is 0 Å². The maximum atomic E-state index is 13.1. The summed E-state index contributed by atoms with van der Waals surface area (Å²) in [6, 6.07) is 18.9. The Morgan fingerprint density at radius 1 is 1.09 bits per heavy atom. The van der Waals surface area contributed by atoms with Crippen LogP contribution in [-0.2, 0) is 14.8 Å². The van der Waals surface area contributed by atoms with Crippen LogP contribution in [0, 0.1) is 5.82 Å². The number of hydrogen-bond donors (Lipinski definition) is 1. The molecule has 9 heteroatoms. The van der Waals surface area contributed by atoms with Crippen LogP contribution in [0.1, 0.15) is 17.9 Å². The van der Waals surface area contributed by atoms with Crippen molar-refractivity contribution >= 4 is 39.1 Å². The van der Waals surface area contributed by atoms with Gasteiger partial charge in [0.25, 0.3) is 10.0 Å². The van der Waals surface area contributed by atoms with Gasteiger partial charge in [-0.3, -0.25) is 14.4 Å². The summed E-state index contributed by atoms with van der Waals surface area (Å²) in [5.41, 5.74) is 1.89. The van der Waals surface area contributed by atoms with Crippen molar-refractivity contribution in [3.63, 3.8) is 0 Å². The van der Waals surface area contributed by atoms with Crippen molar-refractivity contribution in [2.75, 3.05) is 22.0 Å². The zero-order chi connectivity index (χ0) is 22.7. The summed E-state index contributed by atoms with van der Waals surface area (Å²) in [6.07, 6.45) is 0. The maximum absolute atomic E-state index is 13.1. The number of hydrogen-bond acceptors (Lipinski definition) is 5. The van der Waals surface area contributed by atoms with Crippen LogP contribution in [0.15, 0.2) is 77.7 Å². The number of nitrogens with one attached hydrogen (secondary N) is 1. The Kier molecular flexibility index (Phi) is 6.38. The molecule has 6 nitrogen and oxygen atoms in total. The van der Waals surface area contributed by atoms with Crippen LogP contribution in [0.2, 0.25) is 0 Å². The highest BCUT2D eigenvalue weighted by Crippen LogP contribution is 2.42. The molecule has 0 bridgehead atoms. The summed E-state index contributed by atoms with van der Waals surface area (Å²) in [7, 11) is -3.88. The summed E-state index contributed by atoms with van der Waals surface area (Å²) < 4.78 is 46.4. The average Bonchev–Trinajstić information content (AvgIpc) is 3.16. The van der Waals surface area contributed by atoms with E-state index in [2.05, 4.69) is 4.72 Å². The minimum atomic E-state index is -3.88. The highest BCUT2D eigenvalue weighted by atomic mass is 32.2. The molecule has 4 rings (SSSR count). The zero-order valence-electron chi connectivity index (χ0n) is 17.2. The van der Waals surface area contributed by atoms with Gasteiger partial charge in [-0.05, 0) is 73.2 Å². The molecule has 0 aromatic heterocycles. The molecule has 166 valence electrons. The first-order chi connectivity index (χ1) is 15.4. The number of amides is 1. The second-order valence-electron chi connectivity index (χ2n) is 7.04. The van der Waals surface area contributed by atoms with E-state index in [1.54, 1.807) is 23.1 Å². The number of ether oxygens (including phenoxy) is 1. The fourth-order valence-corrected chi connectivity index (χ4v) is 5.62. The highest BCUT2D eigenvalue weighted by molar-refractivity contribution is 8.00. The van der Waals surface area contributed by atoms with Gasteiger partial charge in [0.2, 0.25) is 5.91 Å². The monoisotopic (exact) mass is 472 g/mol. The topological polar surface area (TPSA) is 75.7 Å². The molecule has 1 aliphatic heterocycles. The molecule has 3 aromatic carbocycles. The number of thioether (sulfide) groups is 1. The van der Waals surface area contributed by atoms with Crippen LogP contribution < -0.4 is 14.4 Å². The van der Waals surface area contributed by atoms with E-state index >= 15 is 0 Å². The number of anilines is 2. The molecular weight excluding hydrogens is 451 g/mol. The van der Waals surface area contributed by atoms with E-state index in [9.17, 15) is 17.6 Å². The van der Waals surface area contributed by atoms with E-state index in [4.69, 9.17) is 4.74 Å². The third kappa shape index (κ3) is 4.73. The summed E-state index contributed by atoms with van der Waals surface area (Å²) in [5.74, 6) is 0.512. The SMILES string of the molecule is CCOc1ccc(N2C(=O)CSC2c2cccc(NS(=O)(=O)c3ccc(F)cc3)c2)cc1. The van der Waals surface area contributed by atoms with Gasteiger partial charge < -0.3 is 4.74 Å². The van der Waals surface area contributed by atoms with Crippen LogP contribution in [0.5, 0.6) is 5.75 Å². The van der Waals surface area contributed by atoms with Crippen molar-refractivity contribution in [1.82, 2.24) is 0 Å². The quantitative estimate of drug-likeness (QED) is 0.534. The van der Waals surface area contributed by atoms with E-state index in [1.807, 2.05) is 37.3 Å². The van der Waals surface area contributed by atoms with Gasteiger partial charge in [0, 0.05) is 11.4 Å². The molecule has 1 N–H and O–H groups in total. The Labute approximate surface area is 190 Å². The lowest BCUT2D eigenvalue weighted by atomic mass is 10.1. The Hall–Kier alpha value is -3.04. The van der Waals surface area contributed by atoms with E-state index < -0.39 is 15.8 Å². The van der Waals surface area contributed by atoms with Crippen molar-refractivity contribution < 1.29 is 22.3 Å². The van der Waals surface area contributed by atoms with Crippen molar-refractivity contribution in [3.05, 3.63) is 84.2 Å². The van der Waals surface area contributed by atoms with Gasteiger partial charge in [-0.1, -0.05) is 12.1 Å². The molecule has 1 unspecified atom stereocenters. The van der Waals surface area contributed by atoms with Gasteiger partial charge in [-0.25, -0.2) is 12.8 Å². The molecule has 0 saturated carbocycles. The number of sulfonamides is 1. The number of halogens is 1. The molecule has 1 saturated heterocycles. The molecule has 0 radical (unpaired) electrons. The first-order valence-corrected chi connectivity index (χ1v) is 12.5. The highest BCUT2D eigenvalue weighted by Gasteiger charge is 2.34. The number of nitrogens with zero attached hydrogens (tertiary/aromatic N) is 1. The summed E-state index contributed by atoms with van der Waals surface area (Å²) >= 11 is 1.47. The normalized spacial score (nSPS) is 16.2. The first kappa shape index (κ1) is 22.2. The Bertz CT molecular complexity index is 1220. The number of carbonyl (C=O) groups excluding carboxylic acids is 1. The fraction of sp³-hybridized carbons (Fsp3) is 0.174. The third-order valence-electron chi connectivity index (χ3n) is 4.84. The third-order valence-corrected chi connectivity index (χ3v) is 7.45. The largest absolute Gasteiger partial charge is 0.494 e. The zero-order valence-corrected chi connectivity index (χ0v) is 18.8. The van der Waals surface area contributed by atoms with Crippen LogP contribution in [0.3, 0.4) is 0 Å². The van der Waals surface area contributed by atoms with Crippen LogP contribution in [-0.4, -0.2) is 26.7 Å². The minimum absolute atomic E-state index is 0.0264. The Morgan fingerprint density at radius 3 is 2.50 bits per heavy atom. The van der Waals surface area contributed by atoms with Gasteiger partial charge in [-0.2, -0.15) is 0 Å². The molecule has 1 fully saturated rings. The number of rotatable bonds is 7. The van der Waals surface area contributed by atoms with Gasteiger partial charge >= 0.3 is 0 Å². The Morgan fingerprint density at radius 2 is 1.81 bits per heavy atom. The second kappa shape index (κ2) is 9.22. The van der Waals surface area contributed by atoms with Gasteiger partial charge in [0.1, 0.15) is 16.9 Å². The molecule has 1 heterocycles. The Balaban J connectivity index is 1.59. The van der Waals surface area contributed by atoms with Crippen molar-refractivity contribution in [1.29, 1.82) is 0 Å². The van der Waals surface area contributed by atoms with Crippen LogP contribution >= 0.6 is 11.8 Å². The van der Waals surface area contributed by atoms with Crippen LogP contribution in [0.4, 0.5) is 15.8 Å². The number of benzene rings is 3. The molecule has 32 heavy (non-hydrogen) atoms. The second-order valence-corrected chi connectivity index (χ2v) is 9.79. The lowest BCUT2D eigenvalue weighted by Crippen LogP contribution is -2.27. The maximum Gasteiger partial charge on any atom is 0.261 e. The van der Waals surface area contributed by atoms with E-state index in [0.717, 1.165) is 29.1 Å². The minimum Gasteiger partial charge on any atom is -0.494 e. The van der Waals surface area contributed by atoms with Crippen LogP contribution in [0.25, 0.3) is 0 Å². The molecule has 1 atom stereocenters. The molecule has 0 spiro atoms. The standard InChI is InChI=1S/C23H21FN2O4S2/c1-2-30-20-10-8-19(9-11-20)26-22(27)15-31-23(26)16-4-3-5-18(14-16)25-32(28,29)21-12-6-17(24)7-13-21/h3-14,23,25H,2,15H2,1H3. The molecule has 3 aromatic rings. The predicted molar refractivity (Wildman–Crippen MR) is 124 cm³/mol.